The van der Waals surface area contributed by atoms with Crippen molar-refractivity contribution in [2.24, 2.45) is 11.7 Å². The van der Waals surface area contributed by atoms with Crippen LogP contribution in [-0.4, -0.2) is 28.8 Å². The largest absolute Gasteiger partial charge is 0.350 e. The second-order valence-corrected chi connectivity index (χ2v) is 5.13. The average molecular weight is 280 g/mol. The third-order valence-electron chi connectivity index (χ3n) is 3.55. The fourth-order valence-electron chi connectivity index (χ4n) is 2.39. The van der Waals surface area contributed by atoms with Gasteiger partial charge in [0, 0.05) is 13.1 Å². The van der Waals surface area contributed by atoms with Crippen molar-refractivity contribution in [2.45, 2.75) is 53.0 Å². The van der Waals surface area contributed by atoms with E-state index in [9.17, 15) is 4.79 Å². The second-order valence-electron chi connectivity index (χ2n) is 5.13. The molecule has 1 amide bonds. The molecular weight excluding hydrogens is 252 g/mol. The number of carbonyl (C=O) groups excluding carboxylic acids is 1. The van der Waals surface area contributed by atoms with Crippen LogP contribution in [-0.2, 0) is 13.0 Å². The number of aryl methyl sites for hydroxylation is 2. The first kappa shape index (κ1) is 16.7. The van der Waals surface area contributed by atoms with Gasteiger partial charge < -0.3 is 11.1 Å². The molecule has 0 aromatic carbocycles. The summed E-state index contributed by atoms with van der Waals surface area (Å²) in [6.45, 7) is 8.28. The van der Waals surface area contributed by atoms with E-state index in [4.69, 9.17) is 5.73 Å². The van der Waals surface area contributed by atoms with E-state index in [0.717, 1.165) is 31.4 Å². The molecule has 1 rings (SSSR count). The lowest BCUT2D eigenvalue weighted by Crippen LogP contribution is -2.31. The molecule has 114 valence electrons. The summed E-state index contributed by atoms with van der Waals surface area (Å²) in [7, 11) is 0. The van der Waals surface area contributed by atoms with Gasteiger partial charge in [0.2, 0.25) is 0 Å². The molecule has 1 atom stereocenters. The van der Waals surface area contributed by atoms with Crippen LogP contribution in [0.2, 0.25) is 0 Å². The summed E-state index contributed by atoms with van der Waals surface area (Å²) in [5, 5.41) is 7.43. The zero-order valence-corrected chi connectivity index (χ0v) is 13.0. The number of rotatable bonds is 9. The van der Waals surface area contributed by atoms with E-state index in [1.165, 1.54) is 0 Å². The number of nitrogens with zero attached hydrogens (tertiary/aromatic N) is 2. The molecule has 0 aliphatic rings. The summed E-state index contributed by atoms with van der Waals surface area (Å²) in [6, 6.07) is 1.89. The molecule has 3 N–H and O–H groups in total. The maximum Gasteiger partial charge on any atom is 0.269 e. The van der Waals surface area contributed by atoms with Gasteiger partial charge in [0.15, 0.2) is 0 Å². The highest BCUT2D eigenvalue weighted by Crippen LogP contribution is 2.10. The number of amides is 1. The molecule has 0 saturated heterocycles. The highest BCUT2D eigenvalue weighted by molar-refractivity contribution is 5.92. The van der Waals surface area contributed by atoms with Crippen molar-refractivity contribution in [3.63, 3.8) is 0 Å². The summed E-state index contributed by atoms with van der Waals surface area (Å²) in [6.07, 6.45) is 4.03. The Balaban J connectivity index is 2.63. The quantitative estimate of drug-likeness (QED) is 0.726. The van der Waals surface area contributed by atoms with Crippen molar-refractivity contribution >= 4 is 5.91 Å². The first-order valence-electron chi connectivity index (χ1n) is 7.71. The minimum Gasteiger partial charge on any atom is -0.350 e. The maximum absolute atomic E-state index is 12.3. The molecule has 0 radical (unpaired) electrons. The number of nitrogens with one attached hydrogen (secondary N) is 1. The van der Waals surface area contributed by atoms with E-state index in [-0.39, 0.29) is 5.91 Å². The Morgan fingerprint density at radius 2 is 2.15 bits per heavy atom. The van der Waals surface area contributed by atoms with E-state index in [1.54, 1.807) is 4.68 Å². The van der Waals surface area contributed by atoms with Gasteiger partial charge in [-0.15, -0.1) is 0 Å². The molecule has 20 heavy (non-hydrogen) atoms. The summed E-state index contributed by atoms with van der Waals surface area (Å²) >= 11 is 0. The van der Waals surface area contributed by atoms with E-state index in [0.29, 0.717) is 31.2 Å². The van der Waals surface area contributed by atoms with Crippen molar-refractivity contribution in [1.82, 2.24) is 15.1 Å². The number of carbonyl (C=O) groups is 1. The van der Waals surface area contributed by atoms with E-state index < -0.39 is 0 Å². The molecule has 0 saturated carbocycles. The van der Waals surface area contributed by atoms with Gasteiger partial charge in [-0.1, -0.05) is 20.3 Å². The van der Waals surface area contributed by atoms with Crippen LogP contribution >= 0.6 is 0 Å². The summed E-state index contributed by atoms with van der Waals surface area (Å²) < 4.78 is 1.77. The Hall–Kier alpha value is -1.36. The maximum atomic E-state index is 12.3. The van der Waals surface area contributed by atoms with Crippen LogP contribution in [0.1, 0.15) is 56.2 Å². The first-order valence-corrected chi connectivity index (χ1v) is 7.71. The number of aromatic nitrogens is 2. The Morgan fingerprint density at radius 3 is 2.70 bits per heavy atom. The van der Waals surface area contributed by atoms with Crippen LogP contribution in [0.3, 0.4) is 0 Å². The fraction of sp³-hybridized carbons (Fsp3) is 0.733. The standard InChI is InChI=1S/C15H28N4O/c1-4-7-12(8-9-16)11-17-15(20)14-10-13(5-2)18-19(14)6-3/h10,12H,4-9,11,16H2,1-3H3,(H,17,20). The molecule has 0 aliphatic heterocycles. The predicted octanol–water partition coefficient (Wildman–Crippen LogP) is 1.96. The predicted molar refractivity (Wildman–Crippen MR) is 81.7 cm³/mol. The topological polar surface area (TPSA) is 72.9 Å². The van der Waals surface area contributed by atoms with Crippen molar-refractivity contribution in [2.75, 3.05) is 13.1 Å². The molecule has 1 aromatic rings. The lowest BCUT2D eigenvalue weighted by Gasteiger charge is -2.16. The summed E-state index contributed by atoms with van der Waals surface area (Å²) in [5.74, 6) is 0.440. The summed E-state index contributed by atoms with van der Waals surface area (Å²) in [4.78, 5) is 12.3. The van der Waals surface area contributed by atoms with Crippen LogP contribution in [0.4, 0.5) is 0 Å². The highest BCUT2D eigenvalue weighted by atomic mass is 16.2. The summed E-state index contributed by atoms with van der Waals surface area (Å²) in [5.41, 5.74) is 7.24. The molecule has 5 nitrogen and oxygen atoms in total. The molecule has 0 aliphatic carbocycles. The third-order valence-corrected chi connectivity index (χ3v) is 3.55. The fourth-order valence-corrected chi connectivity index (χ4v) is 2.39. The Morgan fingerprint density at radius 1 is 1.40 bits per heavy atom. The lowest BCUT2D eigenvalue weighted by atomic mass is 10.00. The highest BCUT2D eigenvalue weighted by Gasteiger charge is 2.15. The zero-order chi connectivity index (χ0) is 15.0. The van der Waals surface area contributed by atoms with Crippen LogP contribution < -0.4 is 11.1 Å². The SMILES string of the molecule is CCCC(CCN)CNC(=O)c1cc(CC)nn1CC. The molecule has 1 heterocycles. The third kappa shape index (κ3) is 4.63. The van der Waals surface area contributed by atoms with Crippen LogP contribution in [0, 0.1) is 5.92 Å². The molecule has 0 fully saturated rings. The van der Waals surface area contributed by atoms with E-state index in [2.05, 4.69) is 17.3 Å². The molecule has 0 bridgehead atoms. The van der Waals surface area contributed by atoms with Gasteiger partial charge in [0.25, 0.3) is 5.91 Å². The smallest absolute Gasteiger partial charge is 0.269 e. The van der Waals surface area contributed by atoms with E-state index >= 15 is 0 Å². The van der Waals surface area contributed by atoms with Crippen LogP contribution in [0.25, 0.3) is 0 Å². The molecule has 1 aromatic heterocycles. The van der Waals surface area contributed by atoms with Crippen LogP contribution in [0.5, 0.6) is 0 Å². The first-order chi connectivity index (χ1) is 9.65. The molecule has 1 unspecified atom stereocenters. The van der Waals surface area contributed by atoms with Gasteiger partial charge in [0.05, 0.1) is 5.69 Å². The Kier molecular flexibility index (Phi) is 7.30. The van der Waals surface area contributed by atoms with Crippen molar-refractivity contribution < 1.29 is 4.79 Å². The molecule has 0 spiro atoms. The van der Waals surface area contributed by atoms with Crippen molar-refractivity contribution in [3.8, 4) is 0 Å². The second kappa shape index (κ2) is 8.74. The molecule has 5 heteroatoms. The number of hydrogen-bond donors (Lipinski definition) is 2. The zero-order valence-electron chi connectivity index (χ0n) is 13.0. The van der Waals surface area contributed by atoms with Crippen molar-refractivity contribution in [1.29, 1.82) is 0 Å². The van der Waals surface area contributed by atoms with Gasteiger partial charge >= 0.3 is 0 Å². The van der Waals surface area contributed by atoms with E-state index in [1.807, 2.05) is 19.9 Å². The normalized spacial score (nSPS) is 12.4. The Bertz CT molecular complexity index is 408. The number of hydrogen-bond acceptors (Lipinski definition) is 3. The van der Waals surface area contributed by atoms with Gasteiger partial charge in [-0.25, -0.2) is 0 Å². The molecular formula is C15H28N4O. The van der Waals surface area contributed by atoms with Gasteiger partial charge in [-0.3, -0.25) is 9.48 Å². The van der Waals surface area contributed by atoms with Crippen molar-refractivity contribution in [3.05, 3.63) is 17.5 Å². The monoisotopic (exact) mass is 280 g/mol. The van der Waals surface area contributed by atoms with Gasteiger partial charge in [0.1, 0.15) is 5.69 Å². The lowest BCUT2D eigenvalue weighted by molar-refractivity contribution is 0.0935. The number of nitrogens with two attached hydrogens (primary N) is 1. The van der Waals surface area contributed by atoms with Gasteiger partial charge in [-0.05, 0) is 44.7 Å². The Labute approximate surface area is 121 Å². The minimum atomic E-state index is -0.0304. The van der Waals surface area contributed by atoms with Crippen LogP contribution in [0.15, 0.2) is 6.07 Å². The average Bonchev–Trinajstić information content (AvgIpc) is 2.88. The van der Waals surface area contributed by atoms with Gasteiger partial charge in [-0.2, -0.15) is 5.10 Å². The minimum absolute atomic E-state index is 0.0304.